The van der Waals surface area contributed by atoms with Crippen molar-refractivity contribution in [2.24, 2.45) is 17.3 Å². The first-order chi connectivity index (χ1) is 22.5. The van der Waals surface area contributed by atoms with Gasteiger partial charge in [-0.05, 0) is 95.0 Å². The highest BCUT2D eigenvalue weighted by atomic mass is 35.5. The Morgan fingerprint density at radius 1 is 1.16 bits per heavy atom. The smallest absolute Gasteiger partial charge is 0.394 e. The number of hydrogen-bond donors (Lipinski definition) is 3. The zero-order valence-electron chi connectivity index (χ0n) is 27.7. The number of carbonyl (C=O) groups excluding carboxylic acids is 1. The molecule has 3 aromatic rings. The maximum absolute atomic E-state index is 13.2. The van der Waals surface area contributed by atoms with E-state index in [1.165, 1.54) is 35.1 Å². The van der Waals surface area contributed by atoms with Gasteiger partial charge in [0.25, 0.3) is 15.9 Å². The summed E-state index contributed by atoms with van der Waals surface area (Å²) in [5.41, 5.74) is -1.74. The third-order valence-corrected chi connectivity index (χ3v) is 10.6. The lowest BCUT2D eigenvalue weighted by Gasteiger charge is -2.25. The Balaban J connectivity index is 0.00000541. The highest BCUT2D eigenvalue weighted by Crippen LogP contribution is 2.59. The Morgan fingerprint density at radius 3 is 2.51 bits per heavy atom. The number of carbonyl (C=O) groups is 1. The molecule has 5 rings (SSSR count). The van der Waals surface area contributed by atoms with Crippen LogP contribution in [0.3, 0.4) is 0 Å². The van der Waals surface area contributed by atoms with Crippen molar-refractivity contribution in [2.75, 3.05) is 18.5 Å². The van der Waals surface area contributed by atoms with Crippen LogP contribution in [0.2, 0.25) is 5.15 Å². The van der Waals surface area contributed by atoms with Gasteiger partial charge in [0.15, 0.2) is 10.8 Å². The number of ether oxygens (including phenoxy) is 1. The number of alkyl halides is 3. The fraction of sp³-hybridized carbons (Fsp3) is 0.562. The van der Waals surface area contributed by atoms with Crippen LogP contribution in [-0.2, 0) is 10.0 Å². The number of halogens is 5. The molecule has 1 aliphatic carbocycles. The van der Waals surface area contributed by atoms with E-state index >= 15 is 0 Å². The Morgan fingerprint density at radius 2 is 1.90 bits per heavy atom. The van der Waals surface area contributed by atoms with Gasteiger partial charge in [-0.25, -0.2) is 19.4 Å². The predicted molar refractivity (Wildman–Crippen MR) is 182 cm³/mol. The largest absolute Gasteiger partial charge is 0.477 e. The normalized spacial score (nSPS) is 18.8. The molecule has 11 nitrogen and oxygen atoms in total. The van der Waals surface area contributed by atoms with Gasteiger partial charge in [-0.1, -0.05) is 31.5 Å². The SMILES string of the molecule is CC(C)C(CC[C@@H]1CNC(C)(C)C1)Nc1cccc(S(=O)(=O)NC(=O)c2ccc(-n3ccc(OCCC4(C(F)(F)F)CC4)n3)nc2Cl)n1.Cl. The summed E-state index contributed by atoms with van der Waals surface area (Å²) < 4.78 is 74.5. The van der Waals surface area contributed by atoms with Crippen molar-refractivity contribution < 1.29 is 31.1 Å². The summed E-state index contributed by atoms with van der Waals surface area (Å²) >= 11 is 6.27. The molecule has 3 N–H and O–H groups in total. The van der Waals surface area contributed by atoms with Crippen molar-refractivity contribution in [3.8, 4) is 11.7 Å². The van der Waals surface area contributed by atoms with Crippen LogP contribution >= 0.6 is 24.0 Å². The molecule has 2 atom stereocenters. The zero-order chi connectivity index (χ0) is 34.9. The number of aromatic nitrogens is 4. The minimum absolute atomic E-state index is 0. The highest BCUT2D eigenvalue weighted by Gasteiger charge is 2.62. The summed E-state index contributed by atoms with van der Waals surface area (Å²) in [6.07, 6.45) is 0.250. The number of rotatable bonds is 14. The van der Waals surface area contributed by atoms with Crippen molar-refractivity contribution in [1.29, 1.82) is 0 Å². The number of hydrogen-bond acceptors (Lipinski definition) is 9. The molecule has 2 aliphatic rings. The molecule has 3 aromatic heterocycles. The summed E-state index contributed by atoms with van der Waals surface area (Å²) in [4.78, 5) is 21.4. The number of sulfonamides is 1. The van der Waals surface area contributed by atoms with Gasteiger partial charge in [-0.15, -0.1) is 17.5 Å². The lowest BCUT2D eigenvalue weighted by atomic mass is 9.90. The summed E-state index contributed by atoms with van der Waals surface area (Å²) in [5.74, 6) is 0.488. The van der Waals surface area contributed by atoms with E-state index in [-0.39, 0.29) is 83.2 Å². The van der Waals surface area contributed by atoms with Crippen molar-refractivity contribution in [3.05, 3.63) is 53.3 Å². The Bertz CT molecular complexity index is 1730. The van der Waals surface area contributed by atoms with Gasteiger partial charge in [0.1, 0.15) is 11.0 Å². The van der Waals surface area contributed by atoms with E-state index in [0.717, 1.165) is 25.8 Å². The highest BCUT2D eigenvalue weighted by molar-refractivity contribution is 7.90. The summed E-state index contributed by atoms with van der Waals surface area (Å²) in [5, 5.41) is 10.5. The van der Waals surface area contributed by atoms with Gasteiger partial charge < -0.3 is 15.4 Å². The van der Waals surface area contributed by atoms with Crippen LogP contribution in [0.15, 0.2) is 47.6 Å². The van der Waals surface area contributed by atoms with E-state index in [1.807, 2.05) is 4.72 Å². The third-order valence-electron chi connectivity index (χ3n) is 9.08. The van der Waals surface area contributed by atoms with Gasteiger partial charge in [0.05, 0.1) is 17.6 Å². The van der Waals surface area contributed by atoms with Gasteiger partial charge in [0.2, 0.25) is 5.88 Å². The molecule has 270 valence electrons. The van der Waals surface area contributed by atoms with Crippen LogP contribution < -0.4 is 20.1 Å². The average Bonchev–Trinajstić information content (AvgIpc) is 3.52. The van der Waals surface area contributed by atoms with E-state index in [9.17, 15) is 26.4 Å². The zero-order valence-corrected chi connectivity index (χ0v) is 30.1. The Kier molecular flexibility index (Phi) is 11.8. The Hall–Kier alpha value is -3.14. The summed E-state index contributed by atoms with van der Waals surface area (Å²) in [7, 11) is -4.37. The molecule has 2 fully saturated rings. The maximum atomic E-state index is 13.2. The summed E-state index contributed by atoms with van der Waals surface area (Å²) in [6, 6.07) is 8.75. The molecule has 1 saturated carbocycles. The standard InChI is InChI=1S/C32H41ClF3N7O4S.ClH/c1-20(2)23(10-8-21-18-30(3,4)37-19-21)38-24-6-5-7-27(39-24)48(45,46)42-29(44)22-9-11-25(40-28(22)33)43-16-12-26(41-43)47-17-15-31(13-14-31)32(34,35)36;/h5-7,9,11-12,16,20-21,23,37H,8,10,13-15,17-19H2,1-4H3,(H,38,39)(H,42,44);1H/t21-,23?;/m0./s1. The molecule has 1 unspecified atom stereocenters. The molecule has 1 amide bonds. The van der Waals surface area contributed by atoms with Crippen LogP contribution in [0.4, 0.5) is 19.0 Å². The molecule has 1 saturated heterocycles. The van der Waals surface area contributed by atoms with Crippen LogP contribution in [0.5, 0.6) is 5.88 Å². The number of pyridine rings is 2. The van der Waals surface area contributed by atoms with Gasteiger partial charge >= 0.3 is 6.18 Å². The van der Waals surface area contributed by atoms with Crippen LogP contribution in [0, 0.1) is 17.3 Å². The van der Waals surface area contributed by atoms with Crippen molar-refractivity contribution in [2.45, 2.75) is 89.0 Å². The first kappa shape index (κ1) is 38.7. The van der Waals surface area contributed by atoms with E-state index in [2.05, 4.69) is 53.4 Å². The van der Waals surface area contributed by atoms with Crippen LogP contribution in [-0.4, -0.2) is 65.0 Å². The molecule has 0 aromatic carbocycles. The van der Waals surface area contributed by atoms with Gasteiger partial charge in [0, 0.05) is 23.8 Å². The second-order valence-corrected chi connectivity index (χ2v) is 15.7. The molecule has 0 bridgehead atoms. The first-order valence-electron chi connectivity index (χ1n) is 15.9. The summed E-state index contributed by atoms with van der Waals surface area (Å²) in [6.45, 7) is 9.43. The van der Waals surface area contributed by atoms with Crippen molar-refractivity contribution in [1.82, 2.24) is 29.8 Å². The fourth-order valence-corrected chi connectivity index (χ4v) is 7.12. The maximum Gasteiger partial charge on any atom is 0.394 e. The van der Waals surface area contributed by atoms with Crippen LogP contribution in [0.25, 0.3) is 5.82 Å². The van der Waals surface area contributed by atoms with Gasteiger partial charge in [-0.2, -0.15) is 21.6 Å². The molecule has 4 heterocycles. The molecular formula is C32H42Cl2F3N7O4S. The molecular weight excluding hydrogens is 706 g/mol. The van der Waals surface area contributed by atoms with Crippen molar-refractivity contribution in [3.63, 3.8) is 0 Å². The van der Waals surface area contributed by atoms with E-state index < -0.39 is 27.5 Å². The second kappa shape index (κ2) is 15.0. The van der Waals surface area contributed by atoms with E-state index in [0.29, 0.717) is 11.7 Å². The molecule has 17 heteroatoms. The van der Waals surface area contributed by atoms with E-state index in [1.54, 1.807) is 12.1 Å². The minimum Gasteiger partial charge on any atom is -0.477 e. The predicted octanol–water partition coefficient (Wildman–Crippen LogP) is 6.57. The van der Waals surface area contributed by atoms with E-state index in [4.69, 9.17) is 16.3 Å². The van der Waals surface area contributed by atoms with Gasteiger partial charge in [-0.3, -0.25) is 4.79 Å². The Labute approximate surface area is 295 Å². The monoisotopic (exact) mass is 747 g/mol. The quantitative estimate of drug-likeness (QED) is 0.156. The number of anilines is 1. The average molecular weight is 749 g/mol. The number of nitrogens with zero attached hydrogens (tertiary/aromatic N) is 4. The number of nitrogens with one attached hydrogen (secondary N) is 3. The molecule has 0 radical (unpaired) electrons. The minimum atomic E-state index is -4.37. The van der Waals surface area contributed by atoms with Crippen molar-refractivity contribution >= 4 is 45.8 Å². The van der Waals surface area contributed by atoms with Crippen LogP contribution in [0.1, 0.15) is 76.6 Å². The lowest BCUT2D eigenvalue weighted by molar-refractivity contribution is -0.190. The fourth-order valence-electron chi connectivity index (χ4n) is 5.95. The lowest BCUT2D eigenvalue weighted by Crippen LogP contribution is -2.32. The number of amides is 1. The first-order valence-corrected chi connectivity index (χ1v) is 17.8. The molecule has 49 heavy (non-hydrogen) atoms. The molecule has 0 spiro atoms. The molecule has 1 aliphatic heterocycles. The topological polar surface area (TPSA) is 140 Å². The second-order valence-electron chi connectivity index (χ2n) is 13.7. The third kappa shape index (κ3) is 9.56.